The average Bonchev–Trinajstić information content (AvgIpc) is 2.18. The van der Waals surface area contributed by atoms with Crippen LogP contribution in [-0.2, 0) is 4.74 Å². The molecule has 15 heavy (non-hydrogen) atoms. The molecular weight excluding hydrogens is 216 g/mol. The third-order valence-electron chi connectivity index (χ3n) is 2.60. The normalized spacial score (nSPS) is 42.2. The maximum Gasteiger partial charge on any atom is 0.132 e. The Morgan fingerprint density at radius 2 is 1.73 bits per heavy atom. The van der Waals surface area contributed by atoms with Crippen molar-refractivity contribution in [3.8, 4) is 0 Å². The second-order valence-corrected chi connectivity index (χ2v) is 5.32. The molecule has 0 saturated carbocycles. The van der Waals surface area contributed by atoms with E-state index in [0.29, 0.717) is 12.3 Å². The molecule has 0 aliphatic carbocycles. The highest BCUT2D eigenvalue weighted by Gasteiger charge is 2.43. The lowest BCUT2D eigenvalue weighted by atomic mass is 9.94. The summed E-state index contributed by atoms with van der Waals surface area (Å²) >= 11 is 1.35. The standard InChI is InChI=1S/C10H20O4S/c1-5(2)4-6-7(11)8(12)9(13)10(14-6)15-3/h5-13H,4H2,1-3H3/t6-,7+,8+,9-,10-/m1/s1. The second-order valence-electron chi connectivity index (χ2n) is 4.38. The number of aliphatic hydroxyl groups is 3. The van der Waals surface area contributed by atoms with Crippen LogP contribution in [0, 0.1) is 5.92 Å². The van der Waals surface area contributed by atoms with Crippen molar-refractivity contribution in [2.24, 2.45) is 5.92 Å². The van der Waals surface area contributed by atoms with E-state index in [1.54, 1.807) is 0 Å². The number of ether oxygens (including phenoxy) is 1. The zero-order valence-electron chi connectivity index (χ0n) is 9.33. The first-order valence-electron chi connectivity index (χ1n) is 5.19. The van der Waals surface area contributed by atoms with E-state index < -0.39 is 23.7 Å². The molecule has 0 radical (unpaired) electrons. The summed E-state index contributed by atoms with van der Waals surface area (Å²) in [7, 11) is 0. The first-order valence-corrected chi connectivity index (χ1v) is 6.48. The Bertz CT molecular complexity index is 198. The second kappa shape index (κ2) is 5.50. The topological polar surface area (TPSA) is 69.9 Å². The summed E-state index contributed by atoms with van der Waals surface area (Å²) in [6.07, 6.45) is -1.02. The van der Waals surface area contributed by atoms with Crippen LogP contribution in [0.1, 0.15) is 20.3 Å². The zero-order valence-corrected chi connectivity index (χ0v) is 10.1. The fraction of sp³-hybridized carbons (Fsp3) is 1.00. The van der Waals surface area contributed by atoms with Gasteiger partial charge in [0, 0.05) is 0 Å². The fourth-order valence-electron chi connectivity index (χ4n) is 1.77. The van der Waals surface area contributed by atoms with Gasteiger partial charge in [0.15, 0.2) is 0 Å². The minimum absolute atomic E-state index is 0.384. The summed E-state index contributed by atoms with van der Waals surface area (Å²) in [6.45, 7) is 4.06. The predicted octanol–water partition coefficient (Wildman–Crippen LogP) is 0.203. The van der Waals surface area contributed by atoms with Crippen molar-refractivity contribution in [3.63, 3.8) is 0 Å². The van der Waals surface area contributed by atoms with Crippen molar-refractivity contribution in [1.82, 2.24) is 0 Å². The van der Waals surface area contributed by atoms with Gasteiger partial charge in [-0.15, -0.1) is 11.8 Å². The van der Waals surface area contributed by atoms with E-state index in [1.165, 1.54) is 11.8 Å². The van der Waals surface area contributed by atoms with Crippen molar-refractivity contribution in [3.05, 3.63) is 0 Å². The van der Waals surface area contributed by atoms with E-state index in [4.69, 9.17) is 4.74 Å². The lowest BCUT2D eigenvalue weighted by Gasteiger charge is -2.40. The van der Waals surface area contributed by atoms with Gasteiger partial charge in [-0.25, -0.2) is 0 Å². The fourth-order valence-corrected chi connectivity index (χ4v) is 2.46. The van der Waals surface area contributed by atoms with Crippen LogP contribution >= 0.6 is 11.8 Å². The van der Waals surface area contributed by atoms with Crippen molar-refractivity contribution in [2.75, 3.05) is 6.26 Å². The Hall–Kier alpha value is 0.190. The molecule has 1 saturated heterocycles. The number of hydrogen-bond acceptors (Lipinski definition) is 5. The molecule has 0 aromatic heterocycles. The minimum Gasteiger partial charge on any atom is -0.388 e. The van der Waals surface area contributed by atoms with E-state index >= 15 is 0 Å². The Labute approximate surface area is 94.6 Å². The molecule has 0 spiro atoms. The molecule has 1 heterocycles. The molecule has 0 bridgehead atoms. The van der Waals surface area contributed by atoms with Crippen LogP contribution in [0.5, 0.6) is 0 Å². The molecule has 1 aliphatic heterocycles. The van der Waals surface area contributed by atoms with E-state index in [2.05, 4.69) is 0 Å². The monoisotopic (exact) mass is 236 g/mol. The smallest absolute Gasteiger partial charge is 0.132 e. The van der Waals surface area contributed by atoms with Gasteiger partial charge in [-0.2, -0.15) is 0 Å². The average molecular weight is 236 g/mol. The molecule has 5 atom stereocenters. The highest BCUT2D eigenvalue weighted by Crippen LogP contribution is 2.29. The number of aliphatic hydroxyl groups excluding tert-OH is 3. The molecule has 4 nitrogen and oxygen atoms in total. The lowest BCUT2D eigenvalue weighted by Crippen LogP contribution is -2.56. The maximum atomic E-state index is 9.73. The maximum absolute atomic E-state index is 9.73. The van der Waals surface area contributed by atoms with Crippen LogP contribution in [0.4, 0.5) is 0 Å². The third-order valence-corrected chi connectivity index (χ3v) is 3.46. The van der Waals surface area contributed by atoms with Crippen LogP contribution in [0.2, 0.25) is 0 Å². The van der Waals surface area contributed by atoms with Crippen molar-refractivity contribution >= 4 is 11.8 Å². The van der Waals surface area contributed by atoms with Gasteiger partial charge in [0.2, 0.25) is 0 Å². The van der Waals surface area contributed by atoms with E-state index in [-0.39, 0.29) is 6.10 Å². The Balaban J connectivity index is 2.65. The van der Waals surface area contributed by atoms with Gasteiger partial charge in [-0.05, 0) is 18.6 Å². The van der Waals surface area contributed by atoms with E-state index in [0.717, 1.165) is 0 Å². The first kappa shape index (κ1) is 13.3. The molecule has 0 unspecified atom stereocenters. The van der Waals surface area contributed by atoms with Gasteiger partial charge in [-0.3, -0.25) is 0 Å². The quantitative estimate of drug-likeness (QED) is 0.653. The minimum atomic E-state index is -1.11. The van der Waals surface area contributed by atoms with Crippen molar-refractivity contribution in [2.45, 2.75) is 50.1 Å². The summed E-state index contributed by atoms with van der Waals surface area (Å²) in [5.41, 5.74) is -0.452. The van der Waals surface area contributed by atoms with Gasteiger partial charge in [0.05, 0.1) is 6.10 Å². The summed E-state index contributed by atoms with van der Waals surface area (Å²) < 4.78 is 5.54. The molecule has 1 fully saturated rings. The molecule has 1 rings (SSSR count). The highest BCUT2D eigenvalue weighted by atomic mass is 32.2. The Morgan fingerprint density at radius 3 is 2.20 bits per heavy atom. The largest absolute Gasteiger partial charge is 0.388 e. The summed E-state index contributed by atoms with van der Waals surface area (Å²) in [4.78, 5) is 0. The van der Waals surface area contributed by atoms with Gasteiger partial charge in [0.25, 0.3) is 0 Å². The lowest BCUT2D eigenvalue weighted by molar-refractivity contribution is -0.201. The number of thioether (sulfide) groups is 1. The van der Waals surface area contributed by atoms with Crippen LogP contribution in [0.15, 0.2) is 0 Å². The molecule has 0 aromatic rings. The third kappa shape index (κ3) is 3.07. The van der Waals surface area contributed by atoms with Crippen LogP contribution in [-0.4, -0.2) is 51.4 Å². The van der Waals surface area contributed by atoms with Crippen LogP contribution in [0.25, 0.3) is 0 Å². The summed E-state index contributed by atoms with van der Waals surface area (Å²) in [5.74, 6) is 0.384. The summed E-state index contributed by atoms with van der Waals surface area (Å²) in [5, 5.41) is 29.0. The molecule has 5 heteroatoms. The Morgan fingerprint density at radius 1 is 1.13 bits per heavy atom. The van der Waals surface area contributed by atoms with Gasteiger partial charge < -0.3 is 20.1 Å². The molecule has 1 aliphatic rings. The molecule has 0 amide bonds. The molecule has 90 valence electrons. The number of rotatable bonds is 3. The molecule has 0 aromatic carbocycles. The summed E-state index contributed by atoms with van der Waals surface area (Å²) in [6, 6.07) is 0. The Kier molecular flexibility index (Phi) is 4.86. The predicted molar refractivity (Wildman–Crippen MR) is 59.7 cm³/mol. The van der Waals surface area contributed by atoms with Gasteiger partial charge in [-0.1, -0.05) is 13.8 Å². The van der Waals surface area contributed by atoms with Crippen LogP contribution in [0.3, 0.4) is 0 Å². The highest BCUT2D eigenvalue weighted by molar-refractivity contribution is 7.99. The van der Waals surface area contributed by atoms with Crippen molar-refractivity contribution < 1.29 is 20.1 Å². The first-order chi connectivity index (χ1) is 6.97. The van der Waals surface area contributed by atoms with Crippen molar-refractivity contribution in [1.29, 1.82) is 0 Å². The van der Waals surface area contributed by atoms with E-state index in [1.807, 2.05) is 20.1 Å². The zero-order chi connectivity index (χ0) is 11.6. The molecule has 3 N–H and O–H groups in total. The SMILES string of the molecule is CS[C@H]1O[C@H](CC(C)C)[C@H](O)[C@H](O)[C@H]1O. The number of hydrogen-bond donors (Lipinski definition) is 3. The van der Waals surface area contributed by atoms with E-state index in [9.17, 15) is 15.3 Å². The molecular formula is C10H20O4S. The van der Waals surface area contributed by atoms with Gasteiger partial charge >= 0.3 is 0 Å². The van der Waals surface area contributed by atoms with Gasteiger partial charge in [0.1, 0.15) is 23.7 Å². The van der Waals surface area contributed by atoms with Crippen LogP contribution < -0.4 is 0 Å².